The van der Waals surface area contributed by atoms with Gasteiger partial charge < -0.3 is 9.47 Å². The van der Waals surface area contributed by atoms with Crippen molar-refractivity contribution >= 4 is 0 Å². The van der Waals surface area contributed by atoms with Crippen LogP contribution in [-0.4, -0.2) is 24.9 Å². The van der Waals surface area contributed by atoms with Crippen molar-refractivity contribution in [1.29, 1.82) is 0 Å². The molecule has 86 valence electrons. The molecule has 2 heteroatoms. The summed E-state index contributed by atoms with van der Waals surface area (Å²) in [6.07, 6.45) is 4.16. The molecule has 3 rings (SSSR count). The SMILES string of the molecule is CC(C)(C)C12CC3COCC(C1)C(C3)O2. The maximum atomic E-state index is 6.38. The average molecular weight is 210 g/mol. The fourth-order valence-corrected chi connectivity index (χ4v) is 3.71. The second-order valence-corrected chi connectivity index (χ2v) is 6.71. The van der Waals surface area contributed by atoms with E-state index in [1.54, 1.807) is 0 Å². The van der Waals surface area contributed by atoms with Gasteiger partial charge in [-0.2, -0.15) is 0 Å². The van der Waals surface area contributed by atoms with E-state index in [-0.39, 0.29) is 11.0 Å². The standard InChI is InChI=1S/C13H22O2/c1-12(2,3)13-5-9-4-11(15-13)10(6-13)8-14-7-9/h9-11H,4-8H2,1-3H3. The summed E-state index contributed by atoms with van der Waals surface area (Å²) in [5.74, 6) is 1.41. The van der Waals surface area contributed by atoms with E-state index in [9.17, 15) is 0 Å². The Hall–Kier alpha value is -0.0800. The number of hydrogen-bond acceptors (Lipinski definition) is 2. The predicted octanol–water partition coefficient (Wildman–Crippen LogP) is 2.62. The highest BCUT2D eigenvalue weighted by atomic mass is 16.5. The van der Waals surface area contributed by atoms with Gasteiger partial charge in [-0.3, -0.25) is 0 Å². The second-order valence-electron chi connectivity index (χ2n) is 6.71. The van der Waals surface area contributed by atoms with Gasteiger partial charge in [-0.25, -0.2) is 0 Å². The zero-order valence-electron chi connectivity index (χ0n) is 10.1. The van der Waals surface area contributed by atoms with Gasteiger partial charge in [0.25, 0.3) is 0 Å². The van der Waals surface area contributed by atoms with Crippen molar-refractivity contribution in [2.24, 2.45) is 17.3 Å². The molecule has 2 nitrogen and oxygen atoms in total. The van der Waals surface area contributed by atoms with Gasteiger partial charge in [0.2, 0.25) is 0 Å². The highest BCUT2D eigenvalue weighted by Gasteiger charge is 2.57. The molecule has 3 aliphatic rings. The summed E-state index contributed by atoms with van der Waals surface area (Å²) in [7, 11) is 0. The maximum Gasteiger partial charge on any atom is 0.0742 e. The molecule has 4 unspecified atom stereocenters. The van der Waals surface area contributed by atoms with Gasteiger partial charge in [0, 0.05) is 12.5 Å². The molecule has 3 saturated heterocycles. The van der Waals surface area contributed by atoms with Gasteiger partial charge in [-0.15, -0.1) is 0 Å². The lowest BCUT2D eigenvalue weighted by Gasteiger charge is -2.46. The molecular weight excluding hydrogens is 188 g/mol. The first-order valence-electron chi connectivity index (χ1n) is 6.26. The molecule has 0 aromatic carbocycles. The first-order valence-corrected chi connectivity index (χ1v) is 6.26. The Morgan fingerprint density at radius 2 is 1.93 bits per heavy atom. The summed E-state index contributed by atoms with van der Waals surface area (Å²) in [6, 6.07) is 0. The first-order chi connectivity index (χ1) is 7.00. The van der Waals surface area contributed by atoms with E-state index in [0.717, 1.165) is 19.1 Å². The summed E-state index contributed by atoms with van der Waals surface area (Å²) in [6.45, 7) is 8.89. The summed E-state index contributed by atoms with van der Waals surface area (Å²) >= 11 is 0. The van der Waals surface area contributed by atoms with Crippen LogP contribution in [-0.2, 0) is 9.47 Å². The van der Waals surface area contributed by atoms with E-state index >= 15 is 0 Å². The van der Waals surface area contributed by atoms with Crippen molar-refractivity contribution in [1.82, 2.24) is 0 Å². The van der Waals surface area contributed by atoms with Crippen LogP contribution in [0.2, 0.25) is 0 Å². The summed E-state index contributed by atoms with van der Waals surface area (Å²) in [5.41, 5.74) is 0.422. The molecule has 3 fully saturated rings. The van der Waals surface area contributed by atoms with E-state index in [1.807, 2.05) is 0 Å². The van der Waals surface area contributed by atoms with Crippen LogP contribution in [0.5, 0.6) is 0 Å². The molecule has 0 saturated carbocycles. The highest BCUT2D eigenvalue weighted by Crippen LogP contribution is 2.55. The third-order valence-electron chi connectivity index (χ3n) is 4.73. The fraction of sp³-hybridized carbons (Fsp3) is 1.00. The molecule has 0 aromatic rings. The Kier molecular flexibility index (Phi) is 2.01. The molecule has 0 aromatic heterocycles. The largest absolute Gasteiger partial charge is 0.381 e. The Balaban J connectivity index is 1.95. The minimum atomic E-state index is 0.148. The number of rotatable bonds is 0. The van der Waals surface area contributed by atoms with Crippen LogP contribution in [0.4, 0.5) is 0 Å². The molecule has 3 heterocycles. The number of ether oxygens (including phenoxy) is 2. The Morgan fingerprint density at radius 1 is 1.13 bits per heavy atom. The lowest BCUT2D eigenvalue weighted by Crippen LogP contribution is -2.48. The zero-order chi connectivity index (χ0) is 10.7. The van der Waals surface area contributed by atoms with E-state index in [0.29, 0.717) is 12.0 Å². The molecule has 0 aliphatic carbocycles. The topological polar surface area (TPSA) is 18.5 Å². The van der Waals surface area contributed by atoms with Crippen LogP contribution >= 0.6 is 0 Å². The van der Waals surface area contributed by atoms with Gasteiger partial charge in [0.1, 0.15) is 0 Å². The third-order valence-corrected chi connectivity index (χ3v) is 4.73. The fourth-order valence-electron chi connectivity index (χ4n) is 3.71. The monoisotopic (exact) mass is 210 g/mol. The highest BCUT2D eigenvalue weighted by molar-refractivity contribution is 5.06. The van der Waals surface area contributed by atoms with Crippen LogP contribution in [0.15, 0.2) is 0 Å². The molecule has 0 amide bonds. The lowest BCUT2D eigenvalue weighted by atomic mass is 9.69. The summed E-state index contributed by atoms with van der Waals surface area (Å²) < 4.78 is 12.1. The molecule has 4 atom stereocenters. The van der Waals surface area contributed by atoms with Crippen molar-refractivity contribution in [2.45, 2.75) is 51.7 Å². The molecule has 0 spiro atoms. The Labute approximate surface area is 92.3 Å². The van der Waals surface area contributed by atoms with Crippen molar-refractivity contribution < 1.29 is 9.47 Å². The number of hydrogen-bond donors (Lipinski definition) is 0. The predicted molar refractivity (Wildman–Crippen MR) is 58.7 cm³/mol. The molecule has 0 radical (unpaired) electrons. The van der Waals surface area contributed by atoms with Crippen LogP contribution in [0, 0.1) is 17.3 Å². The minimum Gasteiger partial charge on any atom is -0.381 e. The van der Waals surface area contributed by atoms with Gasteiger partial charge in [-0.05, 0) is 30.6 Å². The van der Waals surface area contributed by atoms with Crippen LogP contribution in [0.25, 0.3) is 0 Å². The van der Waals surface area contributed by atoms with Gasteiger partial charge in [-0.1, -0.05) is 20.8 Å². The molecule has 3 bridgehead atoms. The lowest BCUT2D eigenvalue weighted by molar-refractivity contribution is -0.155. The molecular formula is C13H22O2. The summed E-state index contributed by atoms with van der Waals surface area (Å²) in [5, 5.41) is 0. The molecule has 0 N–H and O–H groups in total. The average Bonchev–Trinajstić information content (AvgIpc) is 2.29. The van der Waals surface area contributed by atoms with Gasteiger partial charge in [0.05, 0.1) is 18.3 Å². The zero-order valence-corrected chi connectivity index (χ0v) is 10.1. The molecule has 3 aliphatic heterocycles. The van der Waals surface area contributed by atoms with Crippen LogP contribution in [0.3, 0.4) is 0 Å². The quantitative estimate of drug-likeness (QED) is 0.612. The smallest absolute Gasteiger partial charge is 0.0742 e. The van der Waals surface area contributed by atoms with Crippen molar-refractivity contribution in [3.63, 3.8) is 0 Å². The van der Waals surface area contributed by atoms with Crippen LogP contribution < -0.4 is 0 Å². The van der Waals surface area contributed by atoms with Gasteiger partial charge >= 0.3 is 0 Å². The Morgan fingerprint density at radius 3 is 2.67 bits per heavy atom. The summed E-state index contributed by atoms with van der Waals surface area (Å²) in [4.78, 5) is 0. The Bertz CT molecular complexity index is 264. The first kappa shape index (κ1) is 10.1. The number of fused-ring (bicyclic) bond motifs is 2. The van der Waals surface area contributed by atoms with Crippen molar-refractivity contribution in [3.8, 4) is 0 Å². The van der Waals surface area contributed by atoms with Crippen molar-refractivity contribution in [2.75, 3.05) is 13.2 Å². The third kappa shape index (κ3) is 1.38. The second kappa shape index (κ2) is 2.98. The van der Waals surface area contributed by atoms with Crippen LogP contribution in [0.1, 0.15) is 40.0 Å². The van der Waals surface area contributed by atoms with Crippen molar-refractivity contribution in [3.05, 3.63) is 0 Å². The van der Waals surface area contributed by atoms with E-state index in [4.69, 9.17) is 9.47 Å². The maximum absolute atomic E-state index is 6.38. The van der Waals surface area contributed by atoms with E-state index in [1.165, 1.54) is 19.3 Å². The minimum absolute atomic E-state index is 0.148. The molecule has 15 heavy (non-hydrogen) atoms. The van der Waals surface area contributed by atoms with Gasteiger partial charge in [0.15, 0.2) is 0 Å². The van der Waals surface area contributed by atoms with E-state index in [2.05, 4.69) is 20.8 Å². The van der Waals surface area contributed by atoms with E-state index < -0.39 is 0 Å². The normalized spacial score (nSPS) is 49.4.